The van der Waals surface area contributed by atoms with Gasteiger partial charge in [0.15, 0.2) is 11.1 Å². The van der Waals surface area contributed by atoms with E-state index in [2.05, 4.69) is 10.3 Å². The molecule has 0 saturated carbocycles. The van der Waals surface area contributed by atoms with E-state index in [0.29, 0.717) is 22.4 Å². The zero-order chi connectivity index (χ0) is 13.2. The van der Waals surface area contributed by atoms with Gasteiger partial charge in [0.1, 0.15) is 0 Å². The van der Waals surface area contributed by atoms with Gasteiger partial charge in [0.05, 0.1) is 4.92 Å². The van der Waals surface area contributed by atoms with Crippen LogP contribution < -0.4 is 5.32 Å². The molecule has 1 aromatic heterocycles. The minimum atomic E-state index is -0.443. The Morgan fingerprint density at radius 2 is 2.47 bits per heavy atom. The van der Waals surface area contributed by atoms with E-state index in [1.54, 1.807) is 12.1 Å². The quantitative estimate of drug-likeness (QED) is 0.684. The molecule has 1 atom stereocenters. The Kier molecular flexibility index (Phi) is 3.29. The fourth-order valence-electron chi connectivity index (χ4n) is 2.16. The van der Waals surface area contributed by atoms with E-state index in [9.17, 15) is 10.1 Å². The van der Waals surface area contributed by atoms with Crippen LogP contribution in [0.4, 0.5) is 11.7 Å². The van der Waals surface area contributed by atoms with Crippen LogP contribution in [-0.2, 0) is 0 Å². The molecule has 2 aromatic rings. The van der Waals surface area contributed by atoms with Gasteiger partial charge in [-0.15, -0.1) is 0 Å². The van der Waals surface area contributed by atoms with E-state index < -0.39 is 4.92 Å². The topological polar surface area (TPSA) is 81.2 Å². The van der Waals surface area contributed by atoms with E-state index in [0.717, 1.165) is 6.54 Å². The number of nitro groups is 1. The van der Waals surface area contributed by atoms with Crippen LogP contribution in [0.2, 0.25) is 0 Å². The van der Waals surface area contributed by atoms with Crippen molar-refractivity contribution in [2.45, 2.75) is 18.1 Å². The van der Waals surface area contributed by atoms with E-state index >= 15 is 0 Å². The summed E-state index contributed by atoms with van der Waals surface area (Å²) in [7, 11) is 0. The number of hydrogen-bond donors (Lipinski definition) is 1. The van der Waals surface area contributed by atoms with Crippen molar-refractivity contribution in [3.05, 3.63) is 28.3 Å². The highest BCUT2D eigenvalue weighted by Crippen LogP contribution is 2.29. The Labute approximate surface area is 113 Å². The van der Waals surface area contributed by atoms with Gasteiger partial charge in [-0.3, -0.25) is 10.1 Å². The molecule has 1 aliphatic rings. The molecule has 6 nitrogen and oxygen atoms in total. The molecule has 1 aromatic carbocycles. The summed E-state index contributed by atoms with van der Waals surface area (Å²) in [4.78, 5) is 14.6. The number of nitro benzene ring substituents is 1. The van der Waals surface area contributed by atoms with Crippen molar-refractivity contribution in [1.82, 2.24) is 4.98 Å². The number of hydrogen-bond acceptors (Lipinski definition) is 6. The number of rotatable bonds is 4. The predicted molar refractivity (Wildman–Crippen MR) is 74.6 cm³/mol. The molecule has 19 heavy (non-hydrogen) atoms. The molecule has 7 heteroatoms. The molecule has 1 unspecified atom stereocenters. The van der Waals surface area contributed by atoms with Crippen molar-refractivity contribution in [3.8, 4) is 0 Å². The number of nitrogens with one attached hydrogen (secondary N) is 1. The minimum Gasteiger partial charge on any atom is -0.423 e. The third-order valence-electron chi connectivity index (χ3n) is 3.10. The summed E-state index contributed by atoms with van der Waals surface area (Å²) in [6.45, 7) is 0.783. The molecule has 0 spiro atoms. The molecule has 0 bridgehead atoms. The van der Waals surface area contributed by atoms with Crippen LogP contribution >= 0.6 is 11.8 Å². The van der Waals surface area contributed by atoms with Gasteiger partial charge in [0, 0.05) is 17.9 Å². The summed E-state index contributed by atoms with van der Waals surface area (Å²) in [5.41, 5.74) is 0.717. The Morgan fingerprint density at radius 3 is 3.21 bits per heavy atom. The maximum absolute atomic E-state index is 10.9. The molecule has 1 N–H and O–H groups in total. The van der Waals surface area contributed by atoms with Gasteiger partial charge in [-0.2, -0.15) is 16.7 Å². The van der Waals surface area contributed by atoms with Crippen LogP contribution in [0.25, 0.3) is 11.1 Å². The van der Waals surface area contributed by atoms with Crippen LogP contribution in [0, 0.1) is 10.1 Å². The van der Waals surface area contributed by atoms with Crippen LogP contribution in [0.1, 0.15) is 12.8 Å². The lowest BCUT2D eigenvalue weighted by atomic mass is 10.2. The van der Waals surface area contributed by atoms with Crippen LogP contribution in [0.5, 0.6) is 0 Å². The summed E-state index contributed by atoms with van der Waals surface area (Å²) in [5, 5.41) is 14.6. The molecular formula is C12H13N3O3S. The third kappa shape index (κ3) is 2.51. The van der Waals surface area contributed by atoms with Crippen LogP contribution in [0.15, 0.2) is 22.6 Å². The van der Waals surface area contributed by atoms with Gasteiger partial charge in [-0.05, 0) is 24.7 Å². The third-order valence-corrected chi connectivity index (χ3v) is 4.50. The highest BCUT2D eigenvalue weighted by Gasteiger charge is 2.19. The Balaban J connectivity index is 1.80. The lowest BCUT2D eigenvalue weighted by Gasteiger charge is -2.07. The summed E-state index contributed by atoms with van der Waals surface area (Å²) in [6, 6.07) is 5.07. The van der Waals surface area contributed by atoms with Crippen molar-refractivity contribution in [2.24, 2.45) is 0 Å². The lowest BCUT2D eigenvalue weighted by Crippen LogP contribution is -2.13. The van der Waals surface area contributed by atoms with Crippen molar-refractivity contribution >= 4 is 34.6 Å². The van der Waals surface area contributed by atoms with Gasteiger partial charge < -0.3 is 9.73 Å². The number of oxazole rings is 1. The lowest BCUT2D eigenvalue weighted by molar-refractivity contribution is -0.383. The van der Waals surface area contributed by atoms with Crippen molar-refractivity contribution < 1.29 is 9.34 Å². The second kappa shape index (κ2) is 5.08. The average molecular weight is 279 g/mol. The van der Waals surface area contributed by atoms with Gasteiger partial charge in [0.2, 0.25) is 0 Å². The average Bonchev–Trinajstić information content (AvgIpc) is 3.04. The minimum absolute atomic E-state index is 0.0236. The number of aromatic nitrogens is 1. The van der Waals surface area contributed by atoms with Crippen molar-refractivity contribution in [1.29, 1.82) is 0 Å². The number of thioether (sulfide) groups is 1. The van der Waals surface area contributed by atoms with Gasteiger partial charge in [0.25, 0.3) is 11.7 Å². The van der Waals surface area contributed by atoms with Crippen LogP contribution in [0.3, 0.4) is 0 Å². The molecule has 1 aliphatic heterocycles. The molecule has 0 amide bonds. The van der Waals surface area contributed by atoms with E-state index in [4.69, 9.17) is 4.42 Å². The van der Waals surface area contributed by atoms with Crippen molar-refractivity contribution in [3.63, 3.8) is 0 Å². The van der Waals surface area contributed by atoms with E-state index in [-0.39, 0.29) is 5.69 Å². The van der Waals surface area contributed by atoms with E-state index in [1.165, 1.54) is 24.7 Å². The highest BCUT2D eigenvalue weighted by atomic mass is 32.2. The number of nitrogens with zero attached hydrogens (tertiary/aromatic N) is 2. The Bertz CT molecular complexity index is 607. The molecule has 0 aliphatic carbocycles. The SMILES string of the molecule is O=[N+]([O-])c1cccc2oc(NCC3CCCS3)nc12. The Hall–Kier alpha value is -1.76. The first-order valence-corrected chi connectivity index (χ1v) is 7.18. The number of non-ortho nitro benzene ring substituents is 1. The molecule has 1 fully saturated rings. The summed E-state index contributed by atoms with van der Waals surface area (Å²) in [5.74, 6) is 1.20. The Morgan fingerprint density at radius 1 is 1.58 bits per heavy atom. The number of para-hydroxylation sites is 1. The summed E-state index contributed by atoms with van der Waals surface area (Å²) in [6.07, 6.45) is 2.44. The predicted octanol–water partition coefficient (Wildman–Crippen LogP) is 3.04. The van der Waals surface area contributed by atoms with Gasteiger partial charge >= 0.3 is 0 Å². The largest absolute Gasteiger partial charge is 0.423 e. The second-order valence-corrected chi connectivity index (χ2v) is 5.82. The first-order valence-electron chi connectivity index (χ1n) is 6.13. The first kappa shape index (κ1) is 12.3. The van der Waals surface area contributed by atoms with Crippen molar-refractivity contribution in [2.75, 3.05) is 17.6 Å². The smallest absolute Gasteiger partial charge is 0.298 e. The summed E-state index contributed by atoms with van der Waals surface area (Å²) >= 11 is 1.94. The zero-order valence-electron chi connectivity index (χ0n) is 10.2. The molecule has 0 radical (unpaired) electrons. The number of benzene rings is 1. The highest BCUT2D eigenvalue weighted by molar-refractivity contribution is 8.00. The normalized spacial score (nSPS) is 18.8. The zero-order valence-corrected chi connectivity index (χ0v) is 11.0. The maximum Gasteiger partial charge on any atom is 0.298 e. The molecular weight excluding hydrogens is 266 g/mol. The number of anilines is 1. The van der Waals surface area contributed by atoms with Gasteiger partial charge in [-0.1, -0.05) is 6.07 Å². The fourth-order valence-corrected chi connectivity index (χ4v) is 3.36. The fraction of sp³-hybridized carbons (Fsp3) is 0.417. The molecule has 100 valence electrons. The van der Waals surface area contributed by atoms with E-state index in [1.807, 2.05) is 11.8 Å². The first-order chi connectivity index (χ1) is 9.24. The maximum atomic E-state index is 10.9. The summed E-state index contributed by atoms with van der Waals surface area (Å²) < 4.78 is 5.48. The second-order valence-electron chi connectivity index (χ2n) is 4.42. The monoisotopic (exact) mass is 279 g/mol. The van der Waals surface area contributed by atoms with Crippen LogP contribution in [-0.4, -0.2) is 27.5 Å². The molecule has 2 heterocycles. The van der Waals surface area contributed by atoms with Gasteiger partial charge in [-0.25, -0.2) is 0 Å². The molecule has 1 saturated heterocycles. The standard InChI is InChI=1S/C12H13N3O3S/c16-15(17)9-4-1-5-10-11(9)14-12(18-10)13-7-8-3-2-6-19-8/h1,4-5,8H,2-3,6-7H2,(H,13,14). The number of fused-ring (bicyclic) bond motifs is 1. The molecule has 3 rings (SSSR count).